The standard InChI is InChI=1S/C19H37NO6/c1-3-26-19(24)16-20(15-18(22)23)17(21)13-11-9-7-5-4-6-8-10-12-14-25-2/h19,24H,3-16H2,1-2H3,(H,22,23). The van der Waals surface area contributed by atoms with Gasteiger partial charge in [0.15, 0.2) is 6.29 Å². The van der Waals surface area contributed by atoms with Gasteiger partial charge in [0.2, 0.25) is 5.91 Å². The molecule has 1 unspecified atom stereocenters. The van der Waals surface area contributed by atoms with Crippen molar-refractivity contribution in [2.45, 2.75) is 77.4 Å². The zero-order chi connectivity index (χ0) is 19.6. The number of nitrogens with zero attached hydrogens (tertiary/aromatic N) is 1. The van der Waals surface area contributed by atoms with Gasteiger partial charge in [0.05, 0.1) is 6.54 Å². The number of methoxy groups -OCH3 is 1. The van der Waals surface area contributed by atoms with Crippen molar-refractivity contribution in [2.24, 2.45) is 0 Å². The van der Waals surface area contributed by atoms with Gasteiger partial charge in [-0.2, -0.15) is 0 Å². The van der Waals surface area contributed by atoms with Gasteiger partial charge in [0.1, 0.15) is 6.54 Å². The number of carbonyl (C=O) groups excluding carboxylic acids is 1. The summed E-state index contributed by atoms with van der Waals surface area (Å²) in [7, 11) is 1.73. The molecular formula is C19H37NO6. The van der Waals surface area contributed by atoms with Crippen LogP contribution in [0.2, 0.25) is 0 Å². The number of aliphatic carboxylic acids is 1. The average Bonchev–Trinajstić information content (AvgIpc) is 2.58. The van der Waals surface area contributed by atoms with E-state index in [1.165, 1.54) is 32.1 Å². The van der Waals surface area contributed by atoms with E-state index in [1.54, 1.807) is 14.0 Å². The van der Waals surface area contributed by atoms with E-state index in [0.29, 0.717) is 13.0 Å². The third kappa shape index (κ3) is 15.1. The molecule has 0 spiro atoms. The van der Waals surface area contributed by atoms with Crippen LogP contribution in [0.1, 0.15) is 71.1 Å². The van der Waals surface area contributed by atoms with Crippen LogP contribution in [0, 0.1) is 0 Å². The van der Waals surface area contributed by atoms with E-state index >= 15 is 0 Å². The van der Waals surface area contributed by atoms with Crippen LogP contribution in [-0.4, -0.2) is 66.7 Å². The van der Waals surface area contributed by atoms with E-state index in [4.69, 9.17) is 14.6 Å². The van der Waals surface area contributed by atoms with Crippen molar-refractivity contribution in [2.75, 3.05) is 33.4 Å². The van der Waals surface area contributed by atoms with Gasteiger partial charge in [-0.15, -0.1) is 0 Å². The molecule has 0 saturated heterocycles. The number of hydrogen-bond acceptors (Lipinski definition) is 5. The number of unbranched alkanes of at least 4 members (excludes halogenated alkanes) is 8. The number of amides is 1. The predicted octanol–water partition coefficient (Wildman–Crippen LogP) is 2.80. The molecule has 1 atom stereocenters. The van der Waals surface area contributed by atoms with Crippen molar-refractivity contribution < 1.29 is 29.3 Å². The molecule has 0 radical (unpaired) electrons. The number of ether oxygens (including phenoxy) is 2. The first-order valence-corrected chi connectivity index (χ1v) is 9.79. The summed E-state index contributed by atoms with van der Waals surface area (Å²) in [5.74, 6) is -1.34. The Bertz CT molecular complexity index is 364. The molecule has 1 amide bonds. The van der Waals surface area contributed by atoms with E-state index in [0.717, 1.165) is 37.2 Å². The van der Waals surface area contributed by atoms with E-state index in [9.17, 15) is 14.7 Å². The van der Waals surface area contributed by atoms with E-state index in [2.05, 4.69) is 0 Å². The fourth-order valence-corrected chi connectivity index (χ4v) is 2.77. The molecule has 2 N–H and O–H groups in total. The average molecular weight is 376 g/mol. The Morgan fingerprint density at radius 3 is 2.00 bits per heavy atom. The highest BCUT2D eigenvalue weighted by atomic mass is 16.6. The summed E-state index contributed by atoms with van der Waals surface area (Å²) in [6.07, 6.45) is 9.17. The molecule has 0 aromatic carbocycles. The molecule has 26 heavy (non-hydrogen) atoms. The predicted molar refractivity (Wildman–Crippen MR) is 99.9 cm³/mol. The third-order valence-electron chi connectivity index (χ3n) is 4.15. The number of carboxylic acids is 1. The monoisotopic (exact) mass is 375 g/mol. The molecule has 7 nitrogen and oxygen atoms in total. The number of aliphatic hydroxyl groups is 1. The van der Waals surface area contributed by atoms with Gasteiger partial charge < -0.3 is 24.6 Å². The molecule has 0 fully saturated rings. The van der Waals surface area contributed by atoms with Crippen LogP contribution in [0.25, 0.3) is 0 Å². The molecule has 0 aliphatic heterocycles. The second-order valence-electron chi connectivity index (χ2n) is 6.50. The Morgan fingerprint density at radius 1 is 0.962 bits per heavy atom. The Kier molecular flexibility index (Phi) is 16.5. The Hall–Kier alpha value is -1.18. The molecule has 0 aliphatic rings. The molecule has 0 saturated carbocycles. The minimum absolute atomic E-state index is 0.109. The summed E-state index contributed by atoms with van der Waals surface area (Å²) < 4.78 is 10.00. The minimum atomic E-state index is -1.15. The number of carboxylic acid groups (broad SMARTS) is 1. The van der Waals surface area contributed by atoms with Crippen molar-refractivity contribution in [3.63, 3.8) is 0 Å². The lowest BCUT2D eigenvalue weighted by Gasteiger charge is -2.23. The van der Waals surface area contributed by atoms with E-state index in [-0.39, 0.29) is 12.5 Å². The van der Waals surface area contributed by atoms with Gasteiger partial charge in [0, 0.05) is 26.7 Å². The maximum Gasteiger partial charge on any atom is 0.323 e. The summed E-state index contributed by atoms with van der Waals surface area (Å²) >= 11 is 0. The molecular weight excluding hydrogens is 338 g/mol. The second kappa shape index (κ2) is 17.2. The zero-order valence-electron chi connectivity index (χ0n) is 16.5. The summed E-state index contributed by atoms with van der Waals surface area (Å²) in [4.78, 5) is 24.2. The van der Waals surface area contributed by atoms with Crippen LogP contribution in [0.5, 0.6) is 0 Å². The van der Waals surface area contributed by atoms with Crippen LogP contribution in [0.4, 0.5) is 0 Å². The largest absolute Gasteiger partial charge is 0.480 e. The lowest BCUT2D eigenvalue weighted by molar-refractivity contribution is -0.152. The first kappa shape index (κ1) is 24.8. The highest BCUT2D eigenvalue weighted by Gasteiger charge is 2.19. The molecule has 0 rings (SSSR count). The van der Waals surface area contributed by atoms with Gasteiger partial charge >= 0.3 is 5.97 Å². The van der Waals surface area contributed by atoms with Gasteiger partial charge in [-0.05, 0) is 19.8 Å². The SMILES string of the molecule is CCOC(O)CN(CC(=O)O)C(=O)CCCCCCCCCCCOC. The van der Waals surface area contributed by atoms with Crippen LogP contribution in [0.15, 0.2) is 0 Å². The van der Waals surface area contributed by atoms with Crippen molar-refractivity contribution in [3.05, 3.63) is 0 Å². The van der Waals surface area contributed by atoms with Crippen molar-refractivity contribution in [3.8, 4) is 0 Å². The van der Waals surface area contributed by atoms with E-state index in [1.807, 2.05) is 0 Å². The summed E-state index contributed by atoms with van der Waals surface area (Å²) in [5, 5.41) is 18.5. The van der Waals surface area contributed by atoms with Gasteiger partial charge in [-0.1, -0.05) is 44.9 Å². The maximum atomic E-state index is 12.2. The fourth-order valence-electron chi connectivity index (χ4n) is 2.77. The number of hydrogen-bond donors (Lipinski definition) is 2. The van der Waals surface area contributed by atoms with E-state index < -0.39 is 18.8 Å². The third-order valence-corrected chi connectivity index (χ3v) is 4.15. The molecule has 0 aromatic rings. The van der Waals surface area contributed by atoms with Gasteiger partial charge in [-0.25, -0.2) is 0 Å². The summed E-state index contributed by atoms with van der Waals surface area (Å²) in [6, 6.07) is 0. The first-order chi connectivity index (χ1) is 12.5. The van der Waals surface area contributed by atoms with Crippen LogP contribution in [0.3, 0.4) is 0 Å². The Morgan fingerprint density at radius 2 is 1.50 bits per heavy atom. The second-order valence-corrected chi connectivity index (χ2v) is 6.50. The highest BCUT2D eigenvalue weighted by molar-refractivity contribution is 5.81. The Labute approximate surface area is 157 Å². The highest BCUT2D eigenvalue weighted by Crippen LogP contribution is 2.11. The van der Waals surface area contributed by atoms with Crippen LogP contribution in [-0.2, 0) is 19.1 Å². The number of carbonyl (C=O) groups is 2. The topological polar surface area (TPSA) is 96.3 Å². The Balaban J connectivity index is 3.79. The number of rotatable bonds is 18. The lowest BCUT2D eigenvalue weighted by Crippen LogP contribution is -2.41. The van der Waals surface area contributed by atoms with Gasteiger partial charge in [-0.3, -0.25) is 9.59 Å². The first-order valence-electron chi connectivity index (χ1n) is 9.79. The molecule has 0 heterocycles. The maximum absolute atomic E-state index is 12.2. The quantitative estimate of drug-likeness (QED) is 0.282. The van der Waals surface area contributed by atoms with Crippen molar-refractivity contribution >= 4 is 11.9 Å². The molecule has 0 aromatic heterocycles. The molecule has 154 valence electrons. The van der Waals surface area contributed by atoms with Crippen molar-refractivity contribution in [1.82, 2.24) is 4.90 Å². The van der Waals surface area contributed by atoms with Crippen LogP contribution < -0.4 is 0 Å². The summed E-state index contributed by atoms with van der Waals surface area (Å²) in [6.45, 7) is 2.36. The molecule has 0 aliphatic carbocycles. The minimum Gasteiger partial charge on any atom is -0.480 e. The molecule has 0 bridgehead atoms. The lowest BCUT2D eigenvalue weighted by atomic mass is 10.1. The zero-order valence-corrected chi connectivity index (χ0v) is 16.5. The summed E-state index contributed by atoms with van der Waals surface area (Å²) in [5.41, 5.74) is 0. The van der Waals surface area contributed by atoms with Crippen molar-refractivity contribution in [1.29, 1.82) is 0 Å². The fraction of sp³-hybridized carbons (Fsp3) is 0.895. The normalized spacial score (nSPS) is 12.1. The van der Waals surface area contributed by atoms with Gasteiger partial charge in [0.25, 0.3) is 0 Å². The molecule has 7 heteroatoms. The number of aliphatic hydroxyl groups excluding tert-OH is 1. The smallest absolute Gasteiger partial charge is 0.323 e. The van der Waals surface area contributed by atoms with Crippen LogP contribution >= 0.6 is 0 Å².